The van der Waals surface area contributed by atoms with Crippen LogP contribution in [0.1, 0.15) is 55.1 Å². The summed E-state index contributed by atoms with van der Waals surface area (Å²) in [6.07, 6.45) is 5.48. The van der Waals surface area contributed by atoms with Crippen LogP contribution in [0.5, 0.6) is 0 Å². The highest BCUT2D eigenvalue weighted by Gasteiger charge is 2.23. The maximum absolute atomic E-state index is 12.5. The van der Waals surface area contributed by atoms with Gasteiger partial charge in [0.25, 0.3) is 0 Å². The van der Waals surface area contributed by atoms with E-state index in [4.69, 9.17) is 5.26 Å². The zero-order valence-corrected chi connectivity index (χ0v) is 16.7. The molecule has 3 rings (SSSR count). The number of nitrogens with zero attached hydrogens (tertiary/aromatic N) is 5. The van der Waals surface area contributed by atoms with Gasteiger partial charge < -0.3 is 10.2 Å². The van der Waals surface area contributed by atoms with Crippen molar-refractivity contribution >= 4 is 17.5 Å². The lowest BCUT2D eigenvalue weighted by Crippen LogP contribution is -2.48. The largest absolute Gasteiger partial charge is 0.345 e. The molecule has 8 heteroatoms. The number of nitrogens with one attached hydrogen (secondary N) is 1. The van der Waals surface area contributed by atoms with E-state index in [2.05, 4.69) is 21.5 Å². The number of likely N-dealkylation sites (tertiary alicyclic amines) is 1. The lowest BCUT2D eigenvalue weighted by molar-refractivity contribution is -0.136. The van der Waals surface area contributed by atoms with E-state index in [9.17, 15) is 9.59 Å². The van der Waals surface area contributed by atoms with E-state index in [0.717, 1.165) is 49.3 Å². The third-order valence-electron chi connectivity index (χ3n) is 5.35. The third kappa shape index (κ3) is 3.98. The van der Waals surface area contributed by atoms with Crippen LogP contribution in [0.4, 0.5) is 0 Å². The molecule has 0 spiro atoms. The fourth-order valence-corrected chi connectivity index (χ4v) is 3.75. The molecule has 1 atom stereocenters. The molecule has 3 heterocycles. The summed E-state index contributed by atoms with van der Waals surface area (Å²) in [5.74, 6) is -0.168. The predicted molar refractivity (Wildman–Crippen MR) is 104 cm³/mol. The van der Waals surface area contributed by atoms with Gasteiger partial charge in [-0.2, -0.15) is 10.4 Å². The molecule has 1 aliphatic rings. The molecule has 8 nitrogen and oxygen atoms in total. The monoisotopic (exact) mass is 382 g/mol. The van der Waals surface area contributed by atoms with E-state index in [1.807, 2.05) is 18.7 Å². The Labute approximate surface area is 164 Å². The second kappa shape index (κ2) is 8.38. The number of rotatable bonds is 5. The fourth-order valence-electron chi connectivity index (χ4n) is 3.75. The van der Waals surface area contributed by atoms with Gasteiger partial charge in [0.05, 0.1) is 6.20 Å². The molecule has 1 N–H and O–H groups in total. The average molecular weight is 382 g/mol. The fraction of sp³-hybridized carbons (Fsp3) is 0.550. The SMILES string of the molecule is Cc1nc2c(C#N)cnn2c(C)c1CCC(=O)N[C@@H](C)C(=O)N1CCCCC1. The second-order valence-corrected chi connectivity index (χ2v) is 7.34. The summed E-state index contributed by atoms with van der Waals surface area (Å²) in [6, 6.07) is 1.57. The maximum atomic E-state index is 12.5. The summed E-state index contributed by atoms with van der Waals surface area (Å²) < 4.78 is 1.64. The molecule has 1 saturated heterocycles. The van der Waals surface area contributed by atoms with Gasteiger partial charge in [-0.3, -0.25) is 9.59 Å². The van der Waals surface area contributed by atoms with E-state index in [1.165, 1.54) is 6.20 Å². The van der Waals surface area contributed by atoms with Gasteiger partial charge >= 0.3 is 0 Å². The highest BCUT2D eigenvalue weighted by molar-refractivity contribution is 5.87. The van der Waals surface area contributed by atoms with Gasteiger partial charge in [0.1, 0.15) is 17.7 Å². The number of carbonyl (C=O) groups is 2. The summed E-state index contributed by atoms with van der Waals surface area (Å²) in [5.41, 5.74) is 3.55. The Morgan fingerprint density at radius 3 is 2.68 bits per heavy atom. The molecule has 2 aromatic heterocycles. The Kier molecular flexibility index (Phi) is 5.93. The molecule has 2 aromatic rings. The van der Waals surface area contributed by atoms with Crippen LogP contribution in [-0.2, 0) is 16.0 Å². The van der Waals surface area contributed by atoms with E-state index in [0.29, 0.717) is 17.6 Å². The minimum Gasteiger partial charge on any atom is -0.345 e. The van der Waals surface area contributed by atoms with Gasteiger partial charge in [0.15, 0.2) is 5.65 Å². The first-order valence-corrected chi connectivity index (χ1v) is 9.74. The van der Waals surface area contributed by atoms with Crippen LogP contribution in [0.3, 0.4) is 0 Å². The number of carbonyl (C=O) groups excluding carboxylic acids is 2. The van der Waals surface area contributed by atoms with E-state index in [-0.39, 0.29) is 18.2 Å². The number of nitriles is 1. The molecule has 1 aliphatic heterocycles. The van der Waals surface area contributed by atoms with Gasteiger partial charge in [-0.1, -0.05) is 0 Å². The minimum atomic E-state index is -0.516. The molecule has 0 saturated carbocycles. The highest BCUT2D eigenvalue weighted by Crippen LogP contribution is 2.18. The van der Waals surface area contributed by atoms with Crippen LogP contribution in [0, 0.1) is 25.2 Å². The first-order valence-electron chi connectivity index (χ1n) is 9.74. The first-order chi connectivity index (χ1) is 13.4. The Balaban J connectivity index is 1.63. The Hall–Kier alpha value is -2.95. The predicted octanol–water partition coefficient (Wildman–Crippen LogP) is 1.67. The summed E-state index contributed by atoms with van der Waals surface area (Å²) in [6.45, 7) is 7.07. The number of aryl methyl sites for hydroxylation is 2. The standard InChI is InChI=1S/C20H26N6O2/c1-13-17(15(3)26-19(24-13)16(11-21)12-22-26)7-8-18(27)23-14(2)20(28)25-9-5-4-6-10-25/h12,14H,4-10H2,1-3H3,(H,23,27)/t14-/m0/s1. The van der Waals surface area contributed by atoms with Gasteiger partial charge in [-0.05, 0) is 52.0 Å². The molecule has 0 unspecified atom stereocenters. The topological polar surface area (TPSA) is 103 Å². The molecule has 148 valence electrons. The first kappa shape index (κ1) is 19.8. The van der Waals surface area contributed by atoms with Crippen molar-refractivity contribution in [3.05, 3.63) is 28.7 Å². The number of piperidine rings is 1. The van der Waals surface area contributed by atoms with Gasteiger partial charge in [0.2, 0.25) is 11.8 Å². The number of fused-ring (bicyclic) bond motifs is 1. The molecule has 0 bridgehead atoms. The maximum Gasteiger partial charge on any atom is 0.244 e. The summed E-state index contributed by atoms with van der Waals surface area (Å²) in [5, 5.41) is 16.2. The summed E-state index contributed by atoms with van der Waals surface area (Å²) >= 11 is 0. The number of aromatic nitrogens is 3. The van der Waals surface area contributed by atoms with Crippen molar-refractivity contribution in [1.82, 2.24) is 24.8 Å². The number of hydrogen-bond donors (Lipinski definition) is 1. The quantitative estimate of drug-likeness (QED) is 0.847. The zero-order valence-electron chi connectivity index (χ0n) is 16.7. The van der Waals surface area contributed by atoms with Crippen molar-refractivity contribution in [2.24, 2.45) is 0 Å². The van der Waals surface area contributed by atoms with Crippen LogP contribution in [-0.4, -0.2) is 50.4 Å². The number of amides is 2. The van der Waals surface area contributed by atoms with E-state index < -0.39 is 6.04 Å². The molecular formula is C20H26N6O2. The number of hydrogen-bond acceptors (Lipinski definition) is 5. The average Bonchev–Trinajstić information content (AvgIpc) is 3.10. The van der Waals surface area contributed by atoms with Gasteiger partial charge in [-0.25, -0.2) is 9.50 Å². The highest BCUT2D eigenvalue weighted by atomic mass is 16.2. The Bertz CT molecular complexity index is 936. The van der Waals surface area contributed by atoms with Crippen molar-refractivity contribution in [2.45, 2.75) is 58.9 Å². The van der Waals surface area contributed by atoms with Crippen LogP contribution in [0.2, 0.25) is 0 Å². The van der Waals surface area contributed by atoms with Gasteiger partial charge in [-0.15, -0.1) is 0 Å². The third-order valence-corrected chi connectivity index (χ3v) is 5.35. The lowest BCUT2D eigenvalue weighted by atomic mass is 10.1. The van der Waals surface area contributed by atoms with Crippen LogP contribution < -0.4 is 5.32 Å². The van der Waals surface area contributed by atoms with Crippen molar-refractivity contribution in [3.8, 4) is 6.07 Å². The second-order valence-electron chi connectivity index (χ2n) is 7.34. The molecular weight excluding hydrogens is 356 g/mol. The minimum absolute atomic E-state index is 0.0101. The van der Waals surface area contributed by atoms with Crippen molar-refractivity contribution in [1.29, 1.82) is 5.26 Å². The summed E-state index contributed by atoms with van der Waals surface area (Å²) in [4.78, 5) is 31.2. The molecule has 2 amide bonds. The molecule has 28 heavy (non-hydrogen) atoms. The normalized spacial score (nSPS) is 15.3. The van der Waals surface area contributed by atoms with E-state index >= 15 is 0 Å². The van der Waals surface area contributed by atoms with Crippen molar-refractivity contribution in [3.63, 3.8) is 0 Å². The lowest BCUT2D eigenvalue weighted by Gasteiger charge is -2.29. The molecule has 0 aromatic carbocycles. The smallest absolute Gasteiger partial charge is 0.244 e. The molecule has 0 radical (unpaired) electrons. The molecule has 0 aliphatic carbocycles. The van der Waals surface area contributed by atoms with Crippen LogP contribution in [0.15, 0.2) is 6.20 Å². The summed E-state index contributed by atoms with van der Waals surface area (Å²) in [7, 11) is 0. The van der Waals surface area contributed by atoms with Crippen LogP contribution >= 0.6 is 0 Å². The van der Waals surface area contributed by atoms with Crippen molar-refractivity contribution in [2.75, 3.05) is 13.1 Å². The Morgan fingerprint density at radius 1 is 1.29 bits per heavy atom. The van der Waals surface area contributed by atoms with Crippen LogP contribution in [0.25, 0.3) is 5.65 Å². The zero-order chi connectivity index (χ0) is 20.3. The Morgan fingerprint density at radius 2 is 2.00 bits per heavy atom. The van der Waals surface area contributed by atoms with E-state index in [1.54, 1.807) is 11.4 Å². The van der Waals surface area contributed by atoms with Gasteiger partial charge in [0, 0.05) is 30.9 Å². The van der Waals surface area contributed by atoms with Crippen molar-refractivity contribution < 1.29 is 9.59 Å². The molecule has 1 fully saturated rings.